The number of pyridine rings is 1. The van der Waals surface area contributed by atoms with Crippen LogP contribution >= 0.6 is 0 Å². The number of halogens is 1. The third-order valence-electron chi connectivity index (χ3n) is 2.41. The van der Waals surface area contributed by atoms with Crippen LogP contribution in [0.15, 0.2) is 36.4 Å². The summed E-state index contributed by atoms with van der Waals surface area (Å²) in [7, 11) is 0. The summed E-state index contributed by atoms with van der Waals surface area (Å²) in [6.45, 7) is 2.38. The first-order valence-electron chi connectivity index (χ1n) is 5.93. The van der Waals surface area contributed by atoms with Crippen LogP contribution in [0.2, 0.25) is 0 Å². The number of aromatic nitrogens is 1. The summed E-state index contributed by atoms with van der Waals surface area (Å²) in [5, 5.41) is 13.7. The molecule has 0 unspecified atom stereocenters. The highest BCUT2D eigenvalue weighted by molar-refractivity contribution is 5.49. The Morgan fingerprint density at radius 2 is 2.15 bits per heavy atom. The normalized spacial score (nSPS) is 10.1. The Bertz CT molecular complexity index is 634. The fraction of sp³-hybridized carbons (Fsp3) is 0.154. The van der Waals surface area contributed by atoms with Crippen LogP contribution in [0.4, 0.5) is 15.9 Å². The lowest BCUT2D eigenvalue weighted by molar-refractivity contribution is -0.384. The van der Waals surface area contributed by atoms with Crippen LogP contribution in [0.25, 0.3) is 0 Å². The molecule has 1 N–H and O–H groups in total. The lowest BCUT2D eigenvalue weighted by atomic mass is 10.3. The van der Waals surface area contributed by atoms with Gasteiger partial charge in [-0.2, -0.15) is 4.98 Å². The Morgan fingerprint density at radius 1 is 1.40 bits per heavy atom. The molecule has 0 saturated carbocycles. The largest absolute Gasteiger partial charge is 0.436 e. The van der Waals surface area contributed by atoms with E-state index in [4.69, 9.17) is 4.74 Å². The molecule has 1 aromatic heterocycles. The molecule has 0 aliphatic heterocycles. The van der Waals surface area contributed by atoms with Crippen molar-refractivity contribution < 1.29 is 14.1 Å². The SMILES string of the molecule is CCNc1cc([N+](=O)[O-])cc(Oc2ccccc2F)n1. The molecule has 20 heavy (non-hydrogen) atoms. The van der Waals surface area contributed by atoms with Crippen molar-refractivity contribution in [2.75, 3.05) is 11.9 Å². The molecule has 0 fully saturated rings. The van der Waals surface area contributed by atoms with Gasteiger partial charge in [-0.3, -0.25) is 10.1 Å². The molecule has 0 aliphatic rings. The number of para-hydroxylation sites is 1. The standard InChI is InChI=1S/C13H12FN3O3/c1-2-15-12-7-9(17(18)19)8-13(16-12)20-11-6-4-3-5-10(11)14/h3-8H,2H2,1H3,(H,15,16). The molecule has 0 bridgehead atoms. The van der Waals surface area contributed by atoms with Gasteiger partial charge in [0.05, 0.1) is 17.1 Å². The highest BCUT2D eigenvalue weighted by atomic mass is 19.1. The molecule has 0 saturated heterocycles. The summed E-state index contributed by atoms with van der Waals surface area (Å²) in [5.41, 5.74) is -0.178. The maximum absolute atomic E-state index is 13.5. The Hall–Kier alpha value is -2.70. The molecular weight excluding hydrogens is 265 g/mol. The maximum atomic E-state index is 13.5. The zero-order valence-electron chi connectivity index (χ0n) is 10.7. The number of nitrogens with zero attached hydrogens (tertiary/aromatic N) is 2. The highest BCUT2D eigenvalue weighted by Crippen LogP contribution is 2.27. The molecule has 0 aliphatic carbocycles. The molecule has 0 radical (unpaired) electrons. The van der Waals surface area contributed by atoms with E-state index < -0.39 is 10.7 Å². The van der Waals surface area contributed by atoms with Crippen LogP contribution in [-0.4, -0.2) is 16.5 Å². The van der Waals surface area contributed by atoms with Gasteiger partial charge in [-0.25, -0.2) is 4.39 Å². The van der Waals surface area contributed by atoms with Crippen molar-refractivity contribution in [3.05, 3.63) is 52.3 Å². The molecule has 104 valence electrons. The van der Waals surface area contributed by atoms with Crippen LogP contribution in [-0.2, 0) is 0 Å². The number of nitro groups is 1. The molecule has 0 atom stereocenters. The van der Waals surface area contributed by atoms with Crippen LogP contribution in [0.1, 0.15) is 6.92 Å². The van der Waals surface area contributed by atoms with Gasteiger partial charge in [0.25, 0.3) is 5.69 Å². The van der Waals surface area contributed by atoms with E-state index in [2.05, 4.69) is 10.3 Å². The van der Waals surface area contributed by atoms with E-state index in [0.717, 1.165) is 6.07 Å². The minimum atomic E-state index is -0.564. The van der Waals surface area contributed by atoms with E-state index in [1.54, 1.807) is 6.07 Å². The van der Waals surface area contributed by atoms with E-state index in [-0.39, 0.29) is 17.3 Å². The van der Waals surface area contributed by atoms with Crippen molar-refractivity contribution in [2.24, 2.45) is 0 Å². The number of ether oxygens (including phenoxy) is 1. The molecule has 1 aromatic carbocycles. The molecule has 2 aromatic rings. The average Bonchev–Trinajstić information content (AvgIpc) is 2.41. The Labute approximate surface area is 114 Å². The topological polar surface area (TPSA) is 77.3 Å². The van der Waals surface area contributed by atoms with Crippen molar-refractivity contribution in [3.63, 3.8) is 0 Å². The smallest absolute Gasteiger partial charge is 0.278 e. The maximum Gasteiger partial charge on any atom is 0.278 e. The second-order valence-corrected chi connectivity index (χ2v) is 3.87. The summed E-state index contributed by atoms with van der Waals surface area (Å²) < 4.78 is 18.7. The average molecular weight is 277 g/mol. The van der Waals surface area contributed by atoms with Crippen molar-refractivity contribution in [2.45, 2.75) is 6.92 Å². The van der Waals surface area contributed by atoms with Crippen LogP contribution in [0, 0.1) is 15.9 Å². The fourth-order valence-corrected chi connectivity index (χ4v) is 1.56. The summed E-state index contributed by atoms with van der Waals surface area (Å²) in [4.78, 5) is 14.3. The van der Waals surface area contributed by atoms with Crippen molar-refractivity contribution in [1.82, 2.24) is 4.98 Å². The van der Waals surface area contributed by atoms with Crippen molar-refractivity contribution in [1.29, 1.82) is 0 Å². The summed E-state index contributed by atoms with van der Waals surface area (Å²) in [6.07, 6.45) is 0. The Balaban J connectivity index is 2.35. The lowest BCUT2D eigenvalue weighted by Gasteiger charge is -2.08. The lowest BCUT2D eigenvalue weighted by Crippen LogP contribution is -2.02. The summed E-state index contributed by atoms with van der Waals surface area (Å²) in [5.74, 6) is -0.345. The number of hydrogen-bond donors (Lipinski definition) is 1. The molecule has 2 rings (SSSR count). The van der Waals surface area contributed by atoms with Gasteiger partial charge in [0.1, 0.15) is 5.82 Å². The van der Waals surface area contributed by atoms with Gasteiger partial charge >= 0.3 is 0 Å². The van der Waals surface area contributed by atoms with Crippen LogP contribution in [0.5, 0.6) is 11.6 Å². The molecule has 1 heterocycles. The van der Waals surface area contributed by atoms with E-state index >= 15 is 0 Å². The predicted octanol–water partition coefficient (Wildman–Crippen LogP) is 3.35. The Morgan fingerprint density at radius 3 is 2.80 bits per heavy atom. The van der Waals surface area contributed by atoms with Gasteiger partial charge in [-0.1, -0.05) is 12.1 Å². The monoisotopic (exact) mass is 277 g/mol. The van der Waals surface area contributed by atoms with Gasteiger partial charge in [-0.05, 0) is 19.1 Å². The quantitative estimate of drug-likeness (QED) is 0.669. The highest BCUT2D eigenvalue weighted by Gasteiger charge is 2.13. The second kappa shape index (κ2) is 5.96. The fourth-order valence-electron chi connectivity index (χ4n) is 1.56. The third kappa shape index (κ3) is 3.19. The van der Waals surface area contributed by atoms with E-state index in [1.165, 1.54) is 24.3 Å². The van der Waals surface area contributed by atoms with Gasteiger partial charge in [0, 0.05) is 6.54 Å². The number of nitrogens with one attached hydrogen (secondary N) is 1. The number of anilines is 1. The minimum Gasteiger partial charge on any atom is -0.436 e. The second-order valence-electron chi connectivity index (χ2n) is 3.87. The number of rotatable bonds is 5. The zero-order valence-corrected chi connectivity index (χ0v) is 10.7. The number of hydrogen-bond acceptors (Lipinski definition) is 5. The summed E-state index contributed by atoms with van der Waals surface area (Å²) in [6, 6.07) is 8.21. The minimum absolute atomic E-state index is 0.0389. The van der Waals surface area contributed by atoms with Gasteiger partial charge in [0.15, 0.2) is 11.6 Å². The summed E-state index contributed by atoms with van der Waals surface area (Å²) >= 11 is 0. The number of benzene rings is 1. The van der Waals surface area contributed by atoms with E-state index in [9.17, 15) is 14.5 Å². The third-order valence-corrected chi connectivity index (χ3v) is 2.41. The van der Waals surface area contributed by atoms with E-state index in [1.807, 2.05) is 6.92 Å². The van der Waals surface area contributed by atoms with Crippen molar-refractivity contribution >= 4 is 11.5 Å². The molecule has 7 heteroatoms. The zero-order chi connectivity index (χ0) is 14.5. The predicted molar refractivity (Wildman–Crippen MR) is 71.5 cm³/mol. The van der Waals surface area contributed by atoms with Gasteiger partial charge in [0.2, 0.25) is 5.88 Å². The Kier molecular flexibility index (Phi) is 4.09. The first kappa shape index (κ1) is 13.7. The molecular formula is C13H12FN3O3. The van der Waals surface area contributed by atoms with Crippen LogP contribution < -0.4 is 10.1 Å². The van der Waals surface area contributed by atoms with Gasteiger partial charge in [-0.15, -0.1) is 0 Å². The van der Waals surface area contributed by atoms with Gasteiger partial charge < -0.3 is 10.1 Å². The first-order valence-corrected chi connectivity index (χ1v) is 5.93. The van der Waals surface area contributed by atoms with Crippen molar-refractivity contribution in [3.8, 4) is 11.6 Å². The molecule has 0 amide bonds. The molecule has 0 spiro atoms. The van der Waals surface area contributed by atoms with Crippen LogP contribution in [0.3, 0.4) is 0 Å². The molecule has 6 nitrogen and oxygen atoms in total. The first-order chi connectivity index (χ1) is 9.60. The van der Waals surface area contributed by atoms with E-state index in [0.29, 0.717) is 12.4 Å².